The summed E-state index contributed by atoms with van der Waals surface area (Å²) in [6, 6.07) is 7.33. The highest BCUT2D eigenvalue weighted by atomic mass is 35.5. The molecule has 1 amide bonds. The van der Waals surface area contributed by atoms with Crippen LogP contribution in [0.2, 0.25) is 5.02 Å². The smallest absolute Gasteiger partial charge is 0.231 e. The highest BCUT2D eigenvalue weighted by Gasteiger charge is 2.36. The van der Waals surface area contributed by atoms with E-state index in [0.717, 1.165) is 28.2 Å². The second-order valence-corrected chi connectivity index (χ2v) is 7.79. The summed E-state index contributed by atoms with van der Waals surface area (Å²) in [5.41, 5.74) is 7.61. The zero-order chi connectivity index (χ0) is 20.0. The first-order valence-corrected chi connectivity index (χ1v) is 9.99. The number of amides is 1. The zero-order valence-corrected chi connectivity index (χ0v) is 16.5. The number of nitrogens with zero attached hydrogens (tertiary/aromatic N) is 4. The Balaban J connectivity index is 1.39. The van der Waals surface area contributed by atoms with Crippen molar-refractivity contribution in [1.82, 2.24) is 19.9 Å². The number of hydrogen-bond donors (Lipinski definition) is 2. The monoisotopic (exact) mass is 412 g/mol. The number of hydrogen-bond acceptors (Lipinski definition) is 6. The molecule has 2 atom stereocenters. The van der Waals surface area contributed by atoms with E-state index in [0.29, 0.717) is 31.3 Å². The molecule has 8 nitrogen and oxygen atoms in total. The van der Waals surface area contributed by atoms with Crippen molar-refractivity contribution in [3.8, 4) is 5.75 Å². The summed E-state index contributed by atoms with van der Waals surface area (Å²) in [4.78, 5) is 29.3. The SMILES string of the molecule is NC[C@H](C(=O)N1CCN2c3ncnc4[nH]cc(c34)OC[C@@H]2C1)c1ccc(Cl)cc1. The number of anilines is 1. The number of nitrogens with one attached hydrogen (secondary N) is 1. The average Bonchev–Trinajstić information content (AvgIpc) is 3.09. The van der Waals surface area contributed by atoms with Crippen LogP contribution in [0.1, 0.15) is 11.5 Å². The van der Waals surface area contributed by atoms with Gasteiger partial charge >= 0.3 is 0 Å². The predicted molar refractivity (Wildman–Crippen MR) is 110 cm³/mol. The summed E-state index contributed by atoms with van der Waals surface area (Å²) in [6.07, 6.45) is 3.37. The summed E-state index contributed by atoms with van der Waals surface area (Å²) < 4.78 is 6.01. The van der Waals surface area contributed by atoms with Crippen LogP contribution < -0.4 is 15.4 Å². The fourth-order valence-corrected chi connectivity index (χ4v) is 4.33. The van der Waals surface area contributed by atoms with E-state index in [2.05, 4.69) is 19.9 Å². The van der Waals surface area contributed by atoms with Crippen LogP contribution in [0.5, 0.6) is 5.75 Å². The van der Waals surface area contributed by atoms with Crippen molar-refractivity contribution in [3.05, 3.63) is 47.4 Å². The van der Waals surface area contributed by atoms with Crippen LogP contribution in [0.3, 0.4) is 0 Å². The largest absolute Gasteiger partial charge is 0.489 e. The Morgan fingerprint density at radius 3 is 2.93 bits per heavy atom. The second-order valence-electron chi connectivity index (χ2n) is 7.36. The maximum Gasteiger partial charge on any atom is 0.231 e. The second kappa shape index (κ2) is 7.20. The summed E-state index contributed by atoms with van der Waals surface area (Å²) in [5, 5.41) is 1.54. The normalized spacial score (nSPS) is 19.4. The topological polar surface area (TPSA) is 100 Å². The number of nitrogens with two attached hydrogens (primary N) is 1. The number of halogens is 1. The number of fused-ring (bicyclic) bond motifs is 2. The van der Waals surface area contributed by atoms with Gasteiger partial charge in [0.05, 0.1) is 12.0 Å². The number of piperazine rings is 1. The molecule has 0 spiro atoms. The number of aromatic nitrogens is 3. The van der Waals surface area contributed by atoms with Crippen LogP contribution in [-0.4, -0.2) is 64.6 Å². The van der Waals surface area contributed by atoms with Crippen molar-refractivity contribution in [1.29, 1.82) is 0 Å². The van der Waals surface area contributed by atoms with Crippen LogP contribution in [0.4, 0.5) is 5.82 Å². The molecule has 3 aromatic rings. The summed E-state index contributed by atoms with van der Waals surface area (Å²) >= 11 is 5.98. The Kier molecular flexibility index (Phi) is 4.52. The predicted octanol–water partition coefficient (Wildman–Crippen LogP) is 1.76. The lowest BCUT2D eigenvalue weighted by Crippen LogP contribution is -2.58. The number of aromatic amines is 1. The lowest BCUT2D eigenvalue weighted by atomic mass is 9.97. The van der Waals surface area contributed by atoms with E-state index in [1.165, 1.54) is 0 Å². The van der Waals surface area contributed by atoms with Gasteiger partial charge in [0, 0.05) is 37.4 Å². The molecule has 29 heavy (non-hydrogen) atoms. The van der Waals surface area contributed by atoms with Gasteiger partial charge in [0.1, 0.15) is 35.5 Å². The van der Waals surface area contributed by atoms with E-state index >= 15 is 0 Å². The van der Waals surface area contributed by atoms with Gasteiger partial charge in [-0.05, 0) is 17.7 Å². The van der Waals surface area contributed by atoms with Gasteiger partial charge in [0.15, 0.2) is 0 Å². The number of benzene rings is 1. The molecule has 1 fully saturated rings. The van der Waals surface area contributed by atoms with Gasteiger partial charge in [0.25, 0.3) is 0 Å². The fraction of sp³-hybridized carbons (Fsp3) is 0.350. The molecule has 1 saturated heterocycles. The summed E-state index contributed by atoms with van der Waals surface area (Å²) in [5.74, 6) is 1.26. The van der Waals surface area contributed by atoms with Gasteiger partial charge in [0.2, 0.25) is 5.91 Å². The van der Waals surface area contributed by atoms with Crippen molar-refractivity contribution >= 4 is 34.4 Å². The minimum Gasteiger partial charge on any atom is -0.489 e. The highest BCUT2D eigenvalue weighted by Crippen LogP contribution is 2.36. The molecular weight excluding hydrogens is 392 g/mol. The molecule has 2 aliphatic rings. The minimum absolute atomic E-state index is 0.0156. The lowest BCUT2D eigenvalue weighted by Gasteiger charge is -2.42. The van der Waals surface area contributed by atoms with E-state index in [4.69, 9.17) is 22.1 Å². The van der Waals surface area contributed by atoms with E-state index in [1.54, 1.807) is 18.5 Å². The van der Waals surface area contributed by atoms with Gasteiger partial charge in [-0.2, -0.15) is 0 Å². The van der Waals surface area contributed by atoms with Crippen molar-refractivity contribution < 1.29 is 9.53 Å². The molecule has 5 rings (SSSR count). The van der Waals surface area contributed by atoms with Crippen molar-refractivity contribution in [3.63, 3.8) is 0 Å². The molecule has 0 aliphatic carbocycles. The molecule has 0 saturated carbocycles. The number of ether oxygens (including phenoxy) is 1. The Labute approximate surface area is 172 Å². The minimum atomic E-state index is -0.384. The van der Waals surface area contributed by atoms with Crippen LogP contribution >= 0.6 is 11.6 Å². The molecule has 3 N–H and O–H groups in total. The quantitative estimate of drug-likeness (QED) is 0.680. The fourth-order valence-electron chi connectivity index (χ4n) is 4.21. The molecular formula is C20H21ClN6O2. The molecule has 0 unspecified atom stereocenters. The standard InChI is InChI=1S/C20H21ClN6O2/c21-13-3-1-12(2-4-13)15(7-22)20(28)26-5-6-27-14(9-26)10-29-16-8-23-18-17(16)19(27)25-11-24-18/h1-4,8,11,14-15H,5-7,9-10,22H2,(H,23,24,25)/t14-,15-/m0/s1. The third-order valence-electron chi connectivity index (χ3n) is 5.72. The number of rotatable bonds is 3. The van der Waals surface area contributed by atoms with Gasteiger partial charge < -0.3 is 25.3 Å². The van der Waals surface area contributed by atoms with Crippen LogP contribution in [-0.2, 0) is 4.79 Å². The Hall–Kier alpha value is -2.84. The first-order chi connectivity index (χ1) is 14.2. The highest BCUT2D eigenvalue weighted by molar-refractivity contribution is 6.30. The average molecular weight is 413 g/mol. The van der Waals surface area contributed by atoms with Crippen LogP contribution in [0.25, 0.3) is 11.0 Å². The van der Waals surface area contributed by atoms with E-state index in [-0.39, 0.29) is 24.4 Å². The maximum absolute atomic E-state index is 13.3. The van der Waals surface area contributed by atoms with Gasteiger partial charge in [-0.15, -0.1) is 0 Å². The van der Waals surface area contributed by atoms with E-state index in [1.807, 2.05) is 23.2 Å². The van der Waals surface area contributed by atoms with Crippen molar-refractivity contribution in [2.75, 3.05) is 37.7 Å². The number of H-pyrrole nitrogens is 1. The molecule has 0 radical (unpaired) electrons. The molecule has 1 aromatic carbocycles. The molecule has 2 aliphatic heterocycles. The molecule has 0 bridgehead atoms. The first-order valence-electron chi connectivity index (χ1n) is 9.61. The number of carbonyl (C=O) groups excluding carboxylic acids is 1. The lowest BCUT2D eigenvalue weighted by molar-refractivity contribution is -0.133. The zero-order valence-electron chi connectivity index (χ0n) is 15.7. The third kappa shape index (κ3) is 3.08. The van der Waals surface area contributed by atoms with Crippen molar-refractivity contribution in [2.24, 2.45) is 5.73 Å². The Morgan fingerprint density at radius 2 is 2.14 bits per heavy atom. The summed E-state index contributed by atoms with van der Waals surface area (Å²) in [6.45, 7) is 2.56. The Bertz CT molecular complexity index is 1050. The van der Waals surface area contributed by atoms with Crippen LogP contribution in [0.15, 0.2) is 36.8 Å². The summed E-state index contributed by atoms with van der Waals surface area (Å²) in [7, 11) is 0. The molecule has 9 heteroatoms. The van der Waals surface area contributed by atoms with Gasteiger partial charge in [-0.1, -0.05) is 23.7 Å². The number of carbonyl (C=O) groups is 1. The molecule has 150 valence electrons. The Morgan fingerprint density at radius 1 is 1.31 bits per heavy atom. The van der Waals surface area contributed by atoms with Crippen molar-refractivity contribution in [2.45, 2.75) is 12.0 Å². The third-order valence-corrected chi connectivity index (χ3v) is 5.97. The van der Waals surface area contributed by atoms with Gasteiger partial charge in [-0.3, -0.25) is 4.79 Å². The van der Waals surface area contributed by atoms with E-state index < -0.39 is 0 Å². The molecule has 4 heterocycles. The van der Waals surface area contributed by atoms with E-state index in [9.17, 15) is 4.79 Å². The maximum atomic E-state index is 13.3. The van der Waals surface area contributed by atoms with Crippen LogP contribution in [0, 0.1) is 0 Å². The molecule has 2 aromatic heterocycles. The van der Waals surface area contributed by atoms with Gasteiger partial charge in [-0.25, -0.2) is 9.97 Å². The first kappa shape index (κ1) is 18.2.